The fraction of sp³-hybridized carbons (Fsp3) is 0.429. The van der Waals surface area contributed by atoms with Crippen molar-refractivity contribution in [3.63, 3.8) is 0 Å². The number of nitrogens with zero attached hydrogens (tertiary/aromatic N) is 2. The molecule has 1 heterocycles. The van der Waals surface area contributed by atoms with Gasteiger partial charge in [-0.3, -0.25) is 0 Å². The topological polar surface area (TPSA) is 60.2 Å². The van der Waals surface area contributed by atoms with Gasteiger partial charge in [0.05, 0.1) is 11.6 Å². The van der Waals surface area contributed by atoms with Crippen molar-refractivity contribution in [1.82, 2.24) is 10.1 Å². The van der Waals surface area contributed by atoms with Gasteiger partial charge in [0.2, 0.25) is 5.89 Å². The third kappa shape index (κ3) is 4.84. The first-order valence-electron chi connectivity index (χ1n) is 6.73. The lowest BCUT2D eigenvalue weighted by Crippen LogP contribution is -2.04. The Bertz CT molecular complexity index is 620. The number of benzene rings is 1. The van der Waals surface area contributed by atoms with Crippen LogP contribution in [0.4, 0.5) is 14.5 Å². The maximum absolute atomic E-state index is 12.1. The van der Waals surface area contributed by atoms with Crippen LogP contribution in [0, 0.1) is 5.92 Å². The molecule has 1 N–H and O–H groups in total. The van der Waals surface area contributed by atoms with E-state index in [1.54, 1.807) is 6.07 Å². The maximum atomic E-state index is 12.1. The van der Waals surface area contributed by atoms with Crippen molar-refractivity contribution in [1.29, 1.82) is 0 Å². The Kier molecular flexibility index (Phi) is 5.54. The van der Waals surface area contributed by atoms with Gasteiger partial charge in [-0.05, 0) is 24.1 Å². The second-order valence-corrected chi connectivity index (χ2v) is 5.49. The average Bonchev–Trinajstić information content (AvgIpc) is 2.85. The van der Waals surface area contributed by atoms with Gasteiger partial charge >= 0.3 is 6.61 Å². The SMILES string of the molecule is CC(C)Cc1noc(CNc2ccc(OC(F)F)c(Cl)c2)n1. The summed E-state index contributed by atoms with van der Waals surface area (Å²) >= 11 is 5.87. The summed E-state index contributed by atoms with van der Waals surface area (Å²) in [5.74, 6) is 1.48. The summed E-state index contributed by atoms with van der Waals surface area (Å²) in [6.45, 7) is 1.55. The molecule has 0 unspecified atom stereocenters. The Morgan fingerprint density at radius 1 is 1.36 bits per heavy atom. The van der Waals surface area contributed by atoms with Crippen LogP contribution >= 0.6 is 11.6 Å². The quantitative estimate of drug-likeness (QED) is 0.826. The normalized spacial score (nSPS) is 11.2. The third-order valence-electron chi connectivity index (χ3n) is 2.69. The highest BCUT2D eigenvalue weighted by molar-refractivity contribution is 6.32. The zero-order valence-electron chi connectivity index (χ0n) is 12.1. The Balaban J connectivity index is 1.94. The van der Waals surface area contributed by atoms with E-state index in [-0.39, 0.29) is 10.8 Å². The molecular formula is C14H16ClF2N3O2. The van der Waals surface area contributed by atoms with E-state index in [2.05, 4.69) is 34.0 Å². The Hall–Kier alpha value is -1.89. The largest absolute Gasteiger partial charge is 0.433 e. The average molecular weight is 332 g/mol. The van der Waals surface area contributed by atoms with Gasteiger partial charge in [-0.2, -0.15) is 13.8 Å². The molecule has 0 fully saturated rings. The van der Waals surface area contributed by atoms with Crippen LogP contribution in [0.2, 0.25) is 5.02 Å². The maximum Gasteiger partial charge on any atom is 0.387 e. The molecule has 0 aliphatic heterocycles. The zero-order valence-corrected chi connectivity index (χ0v) is 12.9. The van der Waals surface area contributed by atoms with Crippen LogP contribution in [0.15, 0.2) is 22.7 Å². The summed E-state index contributed by atoms with van der Waals surface area (Å²) in [5.41, 5.74) is 0.634. The highest BCUT2D eigenvalue weighted by Gasteiger charge is 2.10. The lowest BCUT2D eigenvalue weighted by atomic mass is 10.1. The number of hydrogen-bond acceptors (Lipinski definition) is 5. The fourth-order valence-corrected chi connectivity index (χ4v) is 2.02. The summed E-state index contributed by atoms with van der Waals surface area (Å²) < 4.78 is 33.7. The van der Waals surface area contributed by atoms with Crippen LogP contribution < -0.4 is 10.1 Å². The van der Waals surface area contributed by atoms with Crippen molar-refractivity contribution < 1.29 is 18.0 Å². The lowest BCUT2D eigenvalue weighted by Gasteiger charge is -2.09. The number of rotatable bonds is 7. The Morgan fingerprint density at radius 2 is 2.14 bits per heavy atom. The molecule has 0 atom stereocenters. The summed E-state index contributed by atoms with van der Waals surface area (Å²) in [7, 11) is 0. The molecule has 8 heteroatoms. The van der Waals surface area contributed by atoms with Crippen molar-refractivity contribution in [2.45, 2.75) is 33.4 Å². The van der Waals surface area contributed by atoms with E-state index in [0.29, 0.717) is 29.9 Å². The number of ether oxygens (including phenoxy) is 1. The molecule has 0 bridgehead atoms. The second-order valence-electron chi connectivity index (χ2n) is 5.08. The number of hydrogen-bond donors (Lipinski definition) is 1. The van der Waals surface area contributed by atoms with Crippen molar-refractivity contribution >= 4 is 17.3 Å². The molecule has 0 radical (unpaired) electrons. The molecule has 0 spiro atoms. The van der Waals surface area contributed by atoms with E-state index < -0.39 is 6.61 Å². The predicted molar refractivity (Wildman–Crippen MR) is 78.3 cm³/mol. The lowest BCUT2D eigenvalue weighted by molar-refractivity contribution is -0.0497. The molecule has 5 nitrogen and oxygen atoms in total. The fourth-order valence-electron chi connectivity index (χ4n) is 1.79. The molecule has 2 rings (SSSR count). The second kappa shape index (κ2) is 7.40. The first-order chi connectivity index (χ1) is 10.4. The number of alkyl halides is 2. The van der Waals surface area contributed by atoms with Crippen LogP contribution in [-0.2, 0) is 13.0 Å². The first kappa shape index (κ1) is 16.5. The van der Waals surface area contributed by atoms with Gasteiger partial charge in [0.1, 0.15) is 5.75 Å². The van der Waals surface area contributed by atoms with Gasteiger partial charge in [-0.1, -0.05) is 30.6 Å². The summed E-state index contributed by atoms with van der Waals surface area (Å²) in [6.07, 6.45) is 0.745. The van der Waals surface area contributed by atoms with Gasteiger partial charge in [0, 0.05) is 12.1 Å². The van der Waals surface area contributed by atoms with Crippen LogP contribution in [-0.4, -0.2) is 16.8 Å². The summed E-state index contributed by atoms with van der Waals surface area (Å²) in [6, 6.07) is 4.44. The number of nitrogens with one attached hydrogen (secondary N) is 1. The molecule has 0 saturated heterocycles. The highest BCUT2D eigenvalue weighted by Crippen LogP contribution is 2.29. The van der Waals surface area contributed by atoms with Crippen molar-refractivity contribution in [3.8, 4) is 5.75 Å². The summed E-state index contributed by atoms with van der Waals surface area (Å²) in [5, 5.41) is 7.00. The molecule has 2 aromatic rings. The zero-order chi connectivity index (χ0) is 16.1. The molecule has 0 amide bonds. The van der Waals surface area contributed by atoms with E-state index >= 15 is 0 Å². The smallest absolute Gasteiger partial charge is 0.387 e. The number of halogens is 3. The van der Waals surface area contributed by atoms with E-state index in [4.69, 9.17) is 16.1 Å². The van der Waals surface area contributed by atoms with Gasteiger partial charge in [-0.25, -0.2) is 0 Å². The van der Waals surface area contributed by atoms with Crippen LogP contribution in [0.5, 0.6) is 5.75 Å². The van der Waals surface area contributed by atoms with E-state index in [1.807, 2.05) is 0 Å². The monoisotopic (exact) mass is 331 g/mol. The van der Waals surface area contributed by atoms with Gasteiger partial charge in [0.15, 0.2) is 5.82 Å². The van der Waals surface area contributed by atoms with Gasteiger partial charge < -0.3 is 14.6 Å². The van der Waals surface area contributed by atoms with Crippen molar-refractivity contribution in [3.05, 3.63) is 34.9 Å². The first-order valence-corrected chi connectivity index (χ1v) is 7.11. The molecule has 120 valence electrons. The number of aromatic nitrogens is 2. The van der Waals surface area contributed by atoms with Gasteiger partial charge in [-0.15, -0.1) is 0 Å². The molecule has 0 aliphatic rings. The Labute approximate surface area is 131 Å². The minimum Gasteiger partial charge on any atom is -0.433 e. The van der Waals surface area contributed by atoms with E-state index in [0.717, 1.165) is 6.42 Å². The number of anilines is 1. The standard InChI is InChI=1S/C14H16ClF2N3O2/c1-8(2)5-12-19-13(22-20-12)7-18-9-3-4-11(10(15)6-9)21-14(16)17/h3-4,6,8,14,18H,5,7H2,1-2H3. The van der Waals surface area contributed by atoms with Crippen molar-refractivity contribution in [2.75, 3.05) is 5.32 Å². The van der Waals surface area contributed by atoms with Crippen LogP contribution in [0.3, 0.4) is 0 Å². The van der Waals surface area contributed by atoms with E-state index in [9.17, 15) is 8.78 Å². The van der Waals surface area contributed by atoms with Gasteiger partial charge in [0.25, 0.3) is 0 Å². The van der Waals surface area contributed by atoms with Crippen molar-refractivity contribution in [2.24, 2.45) is 5.92 Å². The summed E-state index contributed by atoms with van der Waals surface area (Å²) in [4.78, 5) is 4.25. The molecule has 1 aromatic heterocycles. The minimum absolute atomic E-state index is 0.0702. The Morgan fingerprint density at radius 3 is 2.77 bits per heavy atom. The molecule has 1 aromatic carbocycles. The molecular weight excluding hydrogens is 316 g/mol. The third-order valence-corrected chi connectivity index (χ3v) is 2.99. The van der Waals surface area contributed by atoms with E-state index in [1.165, 1.54) is 12.1 Å². The highest BCUT2D eigenvalue weighted by atomic mass is 35.5. The minimum atomic E-state index is -2.91. The molecule has 0 aliphatic carbocycles. The molecule has 0 saturated carbocycles. The predicted octanol–water partition coefficient (Wildman–Crippen LogP) is 4.14. The van der Waals surface area contributed by atoms with Crippen LogP contribution in [0.1, 0.15) is 25.6 Å². The van der Waals surface area contributed by atoms with Crippen LogP contribution in [0.25, 0.3) is 0 Å². The molecule has 22 heavy (non-hydrogen) atoms.